The highest BCUT2D eigenvalue weighted by molar-refractivity contribution is 6.05. The lowest BCUT2D eigenvalue weighted by atomic mass is 9.78. The van der Waals surface area contributed by atoms with E-state index in [-0.39, 0.29) is 5.92 Å². The molecule has 2 heterocycles. The van der Waals surface area contributed by atoms with Crippen molar-refractivity contribution in [3.8, 4) is 0 Å². The molecule has 1 saturated heterocycles. The van der Waals surface area contributed by atoms with Crippen LogP contribution in [0.2, 0.25) is 0 Å². The number of rotatable bonds is 4. The van der Waals surface area contributed by atoms with Gasteiger partial charge in [-0.15, -0.1) is 0 Å². The van der Waals surface area contributed by atoms with Crippen LogP contribution in [0.25, 0.3) is 0 Å². The van der Waals surface area contributed by atoms with Crippen molar-refractivity contribution < 1.29 is 4.79 Å². The van der Waals surface area contributed by atoms with Crippen molar-refractivity contribution in [1.29, 1.82) is 0 Å². The molecule has 3 aliphatic rings. The summed E-state index contributed by atoms with van der Waals surface area (Å²) in [6.07, 6.45) is 7.54. The van der Waals surface area contributed by atoms with Crippen LogP contribution in [0.5, 0.6) is 0 Å². The Kier molecular flexibility index (Phi) is 5.83. The number of nitrogens with zero attached hydrogens (tertiary/aromatic N) is 2. The second kappa shape index (κ2) is 8.18. The van der Waals surface area contributed by atoms with Gasteiger partial charge >= 0.3 is 0 Å². The highest BCUT2D eigenvalue weighted by Crippen LogP contribution is 2.43. The smallest absolute Gasteiger partial charge is 0.234 e. The molecule has 2 aliphatic heterocycles. The zero-order valence-electron chi connectivity index (χ0n) is 18.2. The van der Waals surface area contributed by atoms with Gasteiger partial charge in [-0.1, -0.05) is 45.9 Å². The van der Waals surface area contributed by atoms with Gasteiger partial charge in [-0.25, -0.2) is 0 Å². The molecular formula is C25H38N2O. The molecular weight excluding hydrogens is 344 g/mol. The fourth-order valence-electron chi connectivity index (χ4n) is 6.17. The Bertz CT molecular complexity index is 692. The van der Waals surface area contributed by atoms with E-state index >= 15 is 0 Å². The van der Waals surface area contributed by atoms with Gasteiger partial charge in [0.1, 0.15) is 0 Å². The number of likely N-dealkylation sites (tertiary alicyclic amines) is 1. The second-order valence-electron chi connectivity index (χ2n) is 9.87. The summed E-state index contributed by atoms with van der Waals surface area (Å²) in [6.45, 7) is 11.6. The van der Waals surface area contributed by atoms with Crippen molar-refractivity contribution in [3.05, 3.63) is 29.8 Å². The summed E-state index contributed by atoms with van der Waals surface area (Å²) in [5, 5.41) is 0. The molecule has 0 spiro atoms. The Labute approximate surface area is 171 Å². The molecule has 4 rings (SSSR count). The van der Waals surface area contributed by atoms with Crippen LogP contribution >= 0.6 is 0 Å². The molecule has 28 heavy (non-hydrogen) atoms. The second-order valence-corrected chi connectivity index (χ2v) is 9.87. The van der Waals surface area contributed by atoms with Crippen LogP contribution in [-0.2, 0) is 4.79 Å². The summed E-state index contributed by atoms with van der Waals surface area (Å²) in [4.78, 5) is 18.2. The van der Waals surface area contributed by atoms with Crippen LogP contribution in [0.4, 0.5) is 5.69 Å². The molecule has 1 saturated carbocycles. The molecule has 0 aromatic heterocycles. The first-order valence-corrected chi connectivity index (χ1v) is 11.7. The van der Waals surface area contributed by atoms with Crippen molar-refractivity contribution >= 4 is 11.6 Å². The zero-order chi connectivity index (χ0) is 19.8. The van der Waals surface area contributed by atoms with Gasteiger partial charge in [0.05, 0.1) is 5.92 Å². The predicted octanol–water partition coefficient (Wildman–Crippen LogP) is 5.45. The Balaban J connectivity index is 1.43. The fraction of sp³-hybridized carbons (Fsp3) is 0.720. The molecule has 154 valence electrons. The monoisotopic (exact) mass is 382 g/mol. The summed E-state index contributed by atoms with van der Waals surface area (Å²) in [5.41, 5.74) is 2.43. The van der Waals surface area contributed by atoms with E-state index in [0.717, 1.165) is 43.8 Å². The molecule has 1 aliphatic carbocycles. The molecule has 1 amide bonds. The van der Waals surface area contributed by atoms with Crippen molar-refractivity contribution in [2.45, 2.75) is 84.2 Å². The van der Waals surface area contributed by atoms with Crippen LogP contribution in [0.15, 0.2) is 24.3 Å². The lowest BCUT2D eigenvalue weighted by Gasteiger charge is -2.46. The van der Waals surface area contributed by atoms with Gasteiger partial charge in [0.25, 0.3) is 0 Å². The molecule has 1 aromatic rings. The number of hydrogen-bond donors (Lipinski definition) is 0. The van der Waals surface area contributed by atoms with Gasteiger partial charge in [-0.2, -0.15) is 0 Å². The van der Waals surface area contributed by atoms with Crippen molar-refractivity contribution in [3.63, 3.8) is 0 Å². The number of fused-ring (bicyclic) bond motifs is 1. The first-order chi connectivity index (χ1) is 13.5. The number of amides is 1. The number of anilines is 1. The van der Waals surface area contributed by atoms with Gasteiger partial charge in [-0.3, -0.25) is 9.69 Å². The number of benzene rings is 1. The predicted molar refractivity (Wildman–Crippen MR) is 117 cm³/mol. The summed E-state index contributed by atoms with van der Waals surface area (Å²) < 4.78 is 0. The molecule has 3 atom stereocenters. The summed E-state index contributed by atoms with van der Waals surface area (Å²) in [5.74, 6) is 2.69. The third-order valence-corrected chi connectivity index (χ3v) is 7.94. The van der Waals surface area contributed by atoms with E-state index in [1.165, 1.54) is 36.9 Å². The van der Waals surface area contributed by atoms with E-state index < -0.39 is 0 Å². The number of hydrogen-bond acceptors (Lipinski definition) is 2. The van der Waals surface area contributed by atoms with Crippen molar-refractivity contribution in [2.75, 3.05) is 18.0 Å². The number of carbonyl (C=O) groups is 1. The molecule has 2 fully saturated rings. The molecule has 1 aromatic carbocycles. The van der Waals surface area contributed by atoms with Crippen LogP contribution in [0.3, 0.4) is 0 Å². The Morgan fingerprint density at radius 3 is 2.43 bits per heavy atom. The van der Waals surface area contributed by atoms with E-state index in [4.69, 9.17) is 0 Å². The molecule has 0 N–H and O–H groups in total. The maximum atomic E-state index is 13.2. The van der Waals surface area contributed by atoms with E-state index in [9.17, 15) is 4.79 Å². The van der Waals surface area contributed by atoms with Crippen LogP contribution in [-0.4, -0.2) is 36.0 Å². The Morgan fingerprint density at radius 2 is 1.79 bits per heavy atom. The van der Waals surface area contributed by atoms with Gasteiger partial charge in [0.15, 0.2) is 0 Å². The third kappa shape index (κ3) is 3.51. The van der Waals surface area contributed by atoms with Crippen LogP contribution < -0.4 is 4.90 Å². The van der Waals surface area contributed by atoms with Crippen LogP contribution in [0, 0.1) is 17.8 Å². The highest BCUT2D eigenvalue weighted by atomic mass is 16.2. The van der Waals surface area contributed by atoms with Gasteiger partial charge in [0.2, 0.25) is 5.91 Å². The third-order valence-electron chi connectivity index (χ3n) is 7.94. The lowest BCUT2D eigenvalue weighted by Crippen LogP contribution is -2.54. The minimum Gasteiger partial charge on any atom is -0.308 e. The minimum atomic E-state index is 0.0627. The standard InChI is InChI=1S/C25H38N2O/c1-5-21-22-8-6-7-9-24(22)27(25(21)28)23-14-15-26(16-18(23)4)20-12-10-19(11-13-20)17(2)3/h6-9,17-21,23H,5,10-16H2,1-4H3. The summed E-state index contributed by atoms with van der Waals surface area (Å²) in [6, 6.07) is 9.61. The van der Waals surface area contributed by atoms with Gasteiger partial charge < -0.3 is 4.90 Å². The maximum Gasteiger partial charge on any atom is 0.234 e. The summed E-state index contributed by atoms with van der Waals surface area (Å²) in [7, 11) is 0. The van der Waals surface area contributed by atoms with E-state index in [0.29, 0.717) is 17.9 Å². The van der Waals surface area contributed by atoms with Gasteiger partial charge in [0, 0.05) is 30.9 Å². The van der Waals surface area contributed by atoms with E-state index in [1.54, 1.807) is 0 Å². The first kappa shape index (κ1) is 19.9. The Morgan fingerprint density at radius 1 is 1.07 bits per heavy atom. The van der Waals surface area contributed by atoms with Crippen LogP contribution in [0.1, 0.15) is 77.7 Å². The molecule has 3 heteroatoms. The average molecular weight is 383 g/mol. The quantitative estimate of drug-likeness (QED) is 0.691. The zero-order valence-corrected chi connectivity index (χ0v) is 18.2. The maximum absolute atomic E-state index is 13.2. The highest BCUT2D eigenvalue weighted by Gasteiger charge is 2.43. The minimum absolute atomic E-state index is 0.0627. The molecule has 3 unspecified atom stereocenters. The molecule has 3 nitrogen and oxygen atoms in total. The first-order valence-electron chi connectivity index (χ1n) is 11.7. The lowest BCUT2D eigenvalue weighted by molar-refractivity contribution is -0.120. The average Bonchev–Trinajstić information content (AvgIpc) is 2.99. The van der Waals surface area contributed by atoms with E-state index in [2.05, 4.69) is 61.8 Å². The topological polar surface area (TPSA) is 23.6 Å². The summed E-state index contributed by atoms with van der Waals surface area (Å²) >= 11 is 0. The fourth-order valence-corrected chi connectivity index (χ4v) is 6.17. The Hall–Kier alpha value is -1.35. The van der Waals surface area contributed by atoms with Gasteiger partial charge in [-0.05, 0) is 67.9 Å². The largest absolute Gasteiger partial charge is 0.308 e. The molecule has 0 bridgehead atoms. The van der Waals surface area contributed by atoms with E-state index in [1.807, 2.05) is 0 Å². The number of carbonyl (C=O) groups excluding carboxylic acids is 1. The number of para-hydroxylation sites is 1. The molecule has 0 radical (unpaired) electrons. The normalized spacial score (nSPS) is 34.1. The van der Waals surface area contributed by atoms with Crippen molar-refractivity contribution in [1.82, 2.24) is 4.90 Å². The SMILES string of the molecule is CCC1C(=O)N(C2CCN(C3CCC(C(C)C)CC3)CC2C)c2ccccc21. The number of piperidine rings is 1. The van der Waals surface area contributed by atoms with Crippen molar-refractivity contribution in [2.24, 2.45) is 17.8 Å².